The molecule has 2 atom stereocenters. The average Bonchev–Trinajstić information content (AvgIpc) is 3.55. The van der Waals surface area contributed by atoms with Crippen molar-refractivity contribution in [1.29, 1.82) is 0 Å². The van der Waals surface area contributed by atoms with Crippen molar-refractivity contribution in [2.45, 2.75) is 37.8 Å². The molecule has 13 heteroatoms. The zero-order chi connectivity index (χ0) is 38.7. The Morgan fingerprint density at radius 2 is 1.53 bits per heavy atom. The summed E-state index contributed by atoms with van der Waals surface area (Å²) in [5.41, 5.74) is 1.51. The molecule has 5 aromatic rings. The van der Waals surface area contributed by atoms with Gasteiger partial charge in [-0.1, -0.05) is 54.1 Å². The number of phenols is 3. The highest BCUT2D eigenvalue weighted by atomic mass is 35.5. The van der Waals surface area contributed by atoms with Gasteiger partial charge in [-0.15, -0.1) is 0 Å². The van der Waals surface area contributed by atoms with Crippen LogP contribution in [0.2, 0.25) is 5.02 Å². The lowest BCUT2D eigenvalue weighted by Gasteiger charge is -2.32. The van der Waals surface area contributed by atoms with Crippen LogP contribution in [0.15, 0.2) is 112 Å². The third kappa shape index (κ3) is 10.6. The Morgan fingerprint density at radius 1 is 0.887 bits per heavy atom. The molecule has 1 aliphatic rings. The molecule has 0 aliphatic carbocycles. The van der Waals surface area contributed by atoms with Crippen molar-refractivity contribution in [3.63, 3.8) is 0 Å². The van der Waals surface area contributed by atoms with E-state index in [1.165, 1.54) is 55.3 Å². The molecule has 1 aliphatic heterocycles. The molecule has 12 nitrogen and oxygen atoms in total. The topological polar surface area (TPSA) is 198 Å². The van der Waals surface area contributed by atoms with E-state index in [2.05, 4.69) is 55.3 Å². The Bertz CT molecular complexity index is 2100. The number of fused-ring (bicyclic) bond motifs is 1. The average molecular weight is 746 g/mol. The molecule has 1 aromatic heterocycles. The minimum Gasteiger partial charge on any atom is -0.508 e. The second kappa shape index (κ2) is 18.1. The quantitative estimate of drug-likeness (QED) is 0.0662. The molecule has 2 unspecified atom stereocenters. The van der Waals surface area contributed by atoms with Gasteiger partial charge in [0, 0.05) is 41.5 Å². The van der Waals surface area contributed by atoms with E-state index in [0.717, 1.165) is 29.7 Å². The number of ether oxygens (including phenoxy) is 1. The summed E-state index contributed by atoms with van der Waals surface area (Å²) < 4.78 is 11.9. The number of halogens is 1. The maximum Gasteiger partial charge on any atom is 0.328 e. The summed E-state index contributed by atoms with van der Waals surface area (Å²) in [7, 11) is 2.22. The molecule has 1 saturated heterocycles. The van der Waals surface area contributed by atoms with Crippen molar-refractivity contribution in [3.05, 3.63) is 130 Å². The van der Waals surface area contributed by atoms with Gasteiger partial charge in [0.1, 0.15) is 16.9 Å². The van der Waals surface area contributed by atoms with Crippen LogP contribution in [0.4, 0.5) is 0 Å². The number of likely N-dealkylation sites (tertiary alicyclic amines) is 1. The van der Waals surface area contributed by atoms with Crippen molar-refractivity contribution in [2.24, 2.45) is 0 Å². The summed E-state index contributed by atoms with van der Waals surface area (Å²) in [5, 5.41) is 54.7. The van der Waals surface area contributed by atoms with Crippen molar-refractivity contribution in [1.82, 2.24) is 4.90 Å². The molecule has 53 heavy (non-hydrogen) atoms. The fourth-order valence-electron chi connectivity index (χ4n) is 5.78. The minimum absolute atomic E-state index is 0.0872. The fraction of sp³-hybridized carbons (Fsp3) is 0.225. The number of benzene rings is 4. The number of rotatable bonds is 9. The van der Waals surface area contributed by atoms with Crippen LogP contribution >= 0.6 is 11.6 Å². The standard InChI is InChI=1S/C21H26ClNO.C15H10O6.C4H4O4/c1-21(17-7-4-3-5-8-17,18-10-12-19(22)13-11-18)24-16-14-20-9-6-15-23(20)2;16-8-2-3-9-12(6-8)21-15(14(20)13(9)19)7-1-4-10(17)11(18)5-7;5-3(6)1-2-4(7)8/h3-5,7-8,10-13,20H,6,9,14-16H2,1-2H3;1-6,16-18,20H;1-2H,(H,5,6)(H,7,8). The van der Waals surface area contributed by atoms with E-state index in [1.807, 2.05) is 18.2 Å². The maximum atomic E-state index is 12.1. The number of hydrogen-bond donors (Lipinski definition) is 6. The molecule has 0 amide bonds. The van der Waals surface area contributed by atoms with Gasteiger partial charge in [-0.2, -0.15) is 0 Å². The molecule has 0 bridgehead atoms. The Morgan fingerprint density at radius 3 is 2.11 bits per heavy atom. The normalized spacial score (nSPS) is 15.2. The van der Waals surface area contributed by atoms with Gasteiger partial charge in [0.05, 0.1) is 5.39 Å². The lowest BCUT2D eigenvalue weighted by molar-refractivity contribution is -0.134. The molecule has 0 saturated carbocycles. The van der Waals surface area contributed by atoms with Gasteiger partial charge >= 0.3 is 11.9 Å². The van der Waals surface area contributed by atoms with Crippen LogP contribution in [0.3, 0.4) is 0 Å². The summed E-state index contributed by atoms with van der Waals surface area (Å²) in [6.45, 7) is 4.12. The van der Waals surface area contributed by atoms with Crippen molar-refractivity contribution >= 4 is 34.5 Å². The van der Waals surface area contributed by atoms with Gasteiger partial charge in [-0.05, 0) is 93.4 Å². The molecule has 0 radical (unpaired) electrons. The van der Waals surface area contributed by atoms with E-state index < -0.39 is 34.5 Å². The second-order valence-electron chi connectivity index (χ2n) is 12.3. The van der Waals surface area contributed by atoms with Crippen LogP contribution in [0.25, 0.3) is 22.3 Å². The lowest BCUT2D eigenvalue weighted by atomic mass is 9.88. The third-order valence-corrected chi connectivity index (χ3v) is 8.94. The summed E-state index contributed by atoms with van der Waals surface area (Å²) in [6, 6.07) is 26.7. The Hall–Kier alpha value is -5.82. The summed E-state index contributed by atoms with van der Waals surface area (Å²) in [5.74, 6) is -4.12. The van der Waals surface area contributed by atoms with E-state index in [9.17, 15) is 34.8 Å². The SMILES string of the molecule is CN1CCCC1CCOC(C)(c1ccccc1)c1ccc(Cl)cc1.O=C(O)C=CC(=O)O.O=c1c(O)c(-c2ccc(O)c(O)c2)oc2cc(O)ccc12. The molecule has 1 fully saturated rings. The van der Waals surface area contributed by atoms with Crippen molar-refractivity contribution < 1.29 is 49.4 Å². The van der Waals surface area contributed by atoms with Crippen LogP contribution in [0.1, 0.15) is 37.3 Å². The van der Waals surface area contributed by atoms with Gasteiger partial charge in [-0.3, -0.25) is 4.79 Å². The van der Waals surface area contributed by atoms with Crippen LogP contribution in [0.5, 0.6) is 23.0 Å². The second-order valence-corrected chi connectivity index (χ2v) is 12.8. The lowest BCUT2D eigenvalue weighted by Crippen LogP contribution is -2.31. The number of phenolic OH excluding ortho intramolecular Hbond substituents is 3. The Kier molecular flexibility index (Phi) is 13.6. The Balaban J connectivity index is 0.000000198. The maximum absolute atomic E-state index is 12.1. The van der Waals surface area contributed by atoms with E-state index in [0.29, 0.717) is 18.2 Å². The number of carbonyl (C=O) groups is 2. The van der Waals surface area contributed by atoms with Crippen LogP contribution in [-0.2, 0) is 19.9 Å². The monoisotopic (exact) mass is 745 g/mol. The van der Waals surface area contributed by atoms with Crippen molar-refractivity contribution in [3.8, 4) is 34.3 Å². The van der Waals surface area contributed by atoms with Crippen LogP contribution < -0.4 is 5.43 Å². The molecule has 6 N–H and O–H groups in total. The zero-order valence-electron chi connectivity index (χ0n) is 29.0. The van der Waals surface area contributed by atoms with Gasteiger partial charge in [0.2, 0.25) is 11.2 Å². The predicted octanol–water partition coefficient (Wildman–Crippen LogP) is 7.10. The largest absolute Gasteiger partial charge is 0.508 e. The highest BCUT2D eigenvalue weighted by Gasteiger charge is 2.31. The highest BCUT2D eigenvalue weighted by Crippen LogP contribution is 2.36. The number of hydrogen-bond acceptors (Lipinski definition) is 10. The summed E-state index contributed by atoms with van der Waals surface area (Å²) >= 11 is 6.07. The summed E-state index contributed by atoms with van der Waals surface area (Å²) in [6.07, 6.45) is 4.77. The fourth-order valence-corrected chi connectivity index (χ4v) is 5.90. The molecule has 2 heterocycles. The van der Waals surface area contributed by atoms with Gasteiger partial charge in [0.15, 0.2) is 17.3 Å². The number of carboxylic acid groups (broad SMARTS) is 2. The zero-order valence-corrected chi connectivity index (χ0v) is 29.7. The van der Waals surface area contributed by atoms with E-state index >= 15 is 0 Å². The first kappa shape index (κ1) is 40.0. The van der Waals surface area contributed by atoms with E-state index in [1.54, 1.807) is 0 Å². The molecule has 4 aromatic carbocycles. The predicted molar refractivity (Wildman–Crippen MR) is 200 cm³/mol. The minimum atomic E-state index is -1.26. The first-order valence-corrected chi connectivity index (χ1v) is 16.9. The smallest absolute Gasteiger partial charge is 0.328 e. The molecular formula is C40H40ClNO11. The number of aliphatic carboxylic acids is 2. The number of aromatic hydroxyl groups is 4. The van der Waals surface area contributed by atoms with Crippen LogP contribution in [-0.4, -0.2) is 73.7 Å². The molecular weight excluding hydrogens is 706 g/mol. The summed E-state index contributed by atoms with van der Waals surface area (Å²) in [4.78, 5) is 33.6. The number of carboxylic acids is 2. The first-order valence-electron chi connectivity index (χ1n) is 16.5. The van der Waals surface area contributed by atoms with Gasteiger partial charge < -0.3 is 44.7 Å². The molecule has 6 rings (SSSR count). The molecule has 0 spiro atoms. The van der Waals surface area contributed by atoms with Crippen LogP contribution in [0, 0.1) is 0 Å². The van der Waals surface area contributed by atoms with Crippen molar-refractivity contribution in [2.75, 3.05) is 20.2 Å². The highest BCUT2D eigenvalue weighted by molar-refractivity contribution is 6.30. The third-order valence-electron chi connectivity index (χ3n) is 8.69. The molecule has 278 valence electrons. The van der Waals surface area contributed by atoms with E-state index in [4.69, 9.17) is 31.0 Å². The van der Waals surface area contributed by atoms with E-state index in [-0.39, 0.29) is 33.8 Å². The Labute approximate surface area is 310 Å². The first-order chi connectivity index (χ1) is 25.2. The van der Waals surface area contributed by atoms with Gasteiger partial charge in [0.25, 0.3) is 0 Å². The number of nitrogens with zero attached hydrogens (tertiary/aromatic N) is 1. The van der Waals surface area contributed by atoms with Gasteiger partial charge in [-0.25, -0.2) is 9.59 Å².